The topological polar surface area (TPSA) is 55.0 Å². The van der Waals surface area contributed by atoms with Crippen LogP contribution in [0.25, 0.3) is 0 Å². The first-order chi connectivity index (χ1) is 6.81. The van der Waals surface area contributed by atoms with Crippen LogP contribution < -0.4 is 10.6 Å². The van der Waals surface area contributed by atoms with Crippen molar-refractivity contribution in [3.05, 3.63) is 24.8 Å². The van der Waals surface area contributed by atoms with Crippen molar-refractivity contribution in [2.24, 2.45) is 0 Å². The lowest BCUT2D eigenvalue weighted by Gasteiger charge is -2.20. The number of aromatic nitrogens is 2. The maximum Gasteiger partial charge on any atom is 0.151 e. The third-order valence-corrected chi connectivity index (χ3v) is 2.28. The largest absolute Gasteiger partial charge is 0.382 e. The van der Waals surface area contributed by atoms with E-state index in [0.29, 0.717) is 11.9 Å². The Morgan fingerprint density at radius 1 is 1.50 bits per heavy atom. The van der Waals surface area contributed by atoms with Gasteiger partial charge in [-0.15, -0.1) is 16.8 Å². The Hall–Kier alpha value is -1.58. The summed E-state index contributed by atoms with van der Waals surface area (Å²) in [5.41, 5.74) is 5.48. The molecule has 2 N–H and O–H groups in total. The molecule has 74 valence electrons. The van der Waals surface area contributed by atoms with Crippen LogP contribution in [-0.4, -0.2) is 22.8 Å². The predicted molar refractivity (Wildman–Crippen MR) is 57.0 cm³/mol. The highest BCUT2D eigenvalue weighted by molar-refractivity contribution is 5.44. The molecule has 1 aliphatic carbocycles. The van der Waals surface area contributed by atoms with Crippen molar-refractivity contribution in [1.29, 1.82) is 0 Å². The van der Waals surface area contributed by atoms with Crippen molar-refractivity contribution in [3.63, 3.8) is 0 Å². The van der Waals surface area contributed by atoms with E-state index in [-0.39, 0.29) is 0 Å². The Balaban J connectivity index is 2.16. The van der Waals surface area contributed by atoms with Crippen LogP contribution in [0.4, 0.5) is 11.6 Å². The fraction of sp³-hybridized carbons (Fsp3) is 0.400. The SMILES string of the molecule is C=CCN(c1ccc(N)nn1)C1CC1. The molecule has 4 heteroatoms. The van der Waals surface area contributed by atoms with Gasteiger partial charge in [-0.05, 0) is 25.0 Å². The second-order valence-corrected chi connectivity index (χ2v) is 3.49. The Morgan fingerprint density at radius 2 is 2.29 bits per heavy atom. The summed E-state index contributed by atoms with van der Waals surface area (Å²) in [6.45, 7) is 4.56. The van der Waals surface area contributed by atoms with Gasteiger partial charge >= 0.3 is 0 Å². The van der Waals surface area contributed by atoms with E-state index in [9.17, 15) is 0 Å². The summed E-state index contributed by atoms with van der Waals surface area (Å²) in [4.78, 5) is 2.21. The fourth-order valence-electron chi connectivity index (χ4n) is 1.44. The highest BCUT2D eigenvalue weighted by Gasteiger charge is 2.29. The first-order valence-corrected chi connectivity index (χ1v) is 4.78. The van der Waals surface area contributed by atoms with Crippen molar-refractivity contribution in [2.45, 2.75) is 18.9 Å². The van der Waals surface area contributed by atoms with E-state index >= 15 is 0 Å². The number of hydrogen-bond acceptors (Lipinski definition) is 4. The lowest BCUT2D eigenvalue weighted by Crippen LogP contribution is -2.26. The molecule has 0 bridgehead atoms. The highest BCUT2D eigenvalue weighted by atomic mass is 15.3. The summed E-state index contributed by atoms with van der Waals surface area (Å²) >= 11 is 0. The summed E-state index contributed by atoms with van der Waals surface area (Å²) < 4.78 is 0. The standard InChI is InChI=1S/C10H14N4/c1-2-7-14(8-3-4-8)10-6-5-9(11)12-13-10/h2,5-6,8H,1,3-4,7H2,(H2,11,12). The third-order valence-electron chi connectivity index (χ3n) is 2.28. The first kappa shape index (κ1) is 8.99. The van der Waals surface area contributed by atoms with E-state index in [4.69, 9.17) is 5.73 Å². The molecule has 2 rings (SSSR count). The quantitative estimate of drug-likeness (QED) is 0.725. The van der Waals surface area contributed by atoms with Gasteiger partial charge in [-0.1, -0.05) is 6.08 Å². The smallest absolute Gasteiger partial charge is 0.151 e. The van der Waals surface area contributed by atoms with Gasteiger partial charge in [-0.25, -0.2) is 0 Å². The Morgan fingerprint density at radius 3 is 2.79 bits per heavy atom. The Kier molecular flexibility index (Phi) is 2.35. The Labute approximate surface area is 83.4 Å². The van der Waals surface area contributed by atoms with E-state index < -0.39 is 0 Å². The summed E-state index contributed by atoms with van der Waals surface area (Å²) in [6, 6.07) is 4.30. The van der Waals surface area contributed by atoms with Gasteiger partial charge in [0.1, 0.15) is 5.82 Å². The lowest BCUT2D eigenvalue weighted by molar-refractivity contribution is 0.821. The van der Waals surface area contributed by atoms with Gasteiger partial charge < -0.3 is 10.6 Å². The molecule has 1 saturated carbocycles. The first-order valence-electron chi connectivity index (χ1n) is 4.78. The van der Waals surface area contributed by atoms with Gasteiger partial charge in [-0.3, -0.25) is 0 Å². The predicted octanol–water partition coefficient (Wildman–Crippen LogP) is 1.21. The number of nitrogens with two attached hydrogens (primary N) is 1. The number of nitrogen functional groups attached to an aromatic ring is 1. The molecule has 0 spiro atoms. The molecule has 1 aromatic rings. The van der Waals surface area contributed by atoms with Crippen LogP contribution in [0.2, 0.25) is 0 Å². The minimum Gasteiger partial charge on any atom is -0.382 e. The van der Waals surface area contributed by atoms with Gasteiger partial charge in [0.05, 0.1) is 0 Å². The lowest BCUT2D eigenvalue weighted by atomic mass is 10.4. The monoisotopic (exact) mass is 190 g/mol. The molecule has 0 atom stereocenters. The van der Waals surface area contributed by atoms with E-state index in [1.165, 1.54) is 12.8 Å². The molecular weight excluding hydrogens is 176 g/mol. The van der Waals surface area contributed by atoms with Crippen LogP contribution in [-0.2, 0) is 0 Å². The minimum atomic E-state index is 0.461. The fourth-order valence-corrected chi connectivity index (χ4v) is 1.44. The van der Waals surface area contributed by atoms with Crippen LogP contribution in [0.1, 0.15) is 12.8 Å². The molecular formula is C10H14N4. The average molecular weight is 190 g/mol. The highest BCUT2D eigenvalue weighted by Crippen LogP contribution is 2.30. The van der Waals surface area contributed by atoms with Crippen LogP contribution in [0.3, 0.4) is 0 Å². The molecule has 0 amide bonds. The van der Waals surface area contributed by atoms with Crippen LogP contribution in [0, 0.1) is 0 Å². The molecule has 1 fully saturated rings. The van der Waals surface area contributed by atoms with Gasteiger partial charge in [0, 0.05) is 12.6 Å². The minimum absolute atomic E-state index is 0.461. The summed E-state index contributed by atoms with van der Waals surface area (Å²) in [5, 5.41) is 7.91. The van der Waals surface area contributed by atoms with E-state index in [2.05, 4.69) is 21.7 Å². The number of rotatable bonds is 4. The van der Waals surface area contributed by atoms with Gasteiger partial charge in [-0.2, -0.15) is 0 Å². The number of anilines is 2. The van der Waals surface area contributed by atoms with Crippen molar-refractivity contribution in [3.8, 4) is 0 Å². The van der Waals surface area contributed by atoms with E-state index in [1.807, 2.05) is 12.1 Å². The zero-order valence-corrected chi connectivity index (χ0v) is 8.06. The zero-order valence-electron chi connectivity index (χ0n) is 8.06. The van der Waals surface area contributed by atoms with Crippen molar-refractivity contribution in [1.82, 2.24) is 10.2 Å². The average Bonchev–Trinajstić information content (AvgIpc) is 2.99. The molecule has 1 aromatic heterocycles. The van der Waals surface area contributed by atoms with Crippen LogP contribution in [0.15, 0.2) is 24.8 Å². The molecule has 4 nitrogen and oxygen atoms in total. The van der Waals surface area contributed by atoms with Crippen molar-refractivity contribution >= 4 is 11.6 Å². The Bertz CT molecular complexity index is 315. The second-order valence-electron chi connectivity index (χ2n) is 3.49. The molecule has 0 radical (unpaired) electrons. The molecule has 0 aromatic carbocycles. The maximum atomic E-state index is 5.48. The molecule has 0 aliphatic heterocycles. The third kappa shape index (κ3) is 1.84. The van der Waals surface area contributed by atoms with Gasteiger partial charge in [0.25, 0.3) is 0 Å². The normalized spacial score (nSPS) is 15.1. The van der Waals surface area contributed by atoms with Crippen LogP contribution >= 0.6 is 0 Å². The molecule has 14 heavy (non-hydrogen) atoms. The van der Waals surface area contributed by atoms with Crippen molar-refractivity contribution in [2.75, 3.05) is 17.2 Å². The van der Waals surface area contributed by atoms with E-state index in [1.54, 1.807) is 6.07 Å². The number of nitrogens with zero attached hydrogens (tertiary/aromatic N) is 3. The molecule has 0 saturated heterocycles. The zero-order chi connectivity index (χ0) is 9.97. The number of hydrogen-bond donors (Lipinski definition) is 1. The van der Waals surface area contributed by atoms with Crippen LogP contribution in [0.5, 0.6) is 0 Å². The summed E-state index contributed by atoms with van der Waals surface area (Å²) in [6.07, 6.45) is 4.36. The van der Waals surface area contributed by atoms with E-state index in [0.717, 1.165) is 12.4 Å². The molecule has 1 aliphatic rings. The molecule has 0 unspecified atom stereocenters. The summed E-state index contributed by atoms with van der Waals surface area (Å²) in [7, 11) is 0. The van der Waals surface area contributed by atoms with Gasteiger partial charge in [0.15, 0.2) is 5.82 Å². The van der Waals surface area contributed by atoms with Crippen molar-refractivity contribution < 1.29 is 0 Å². The maximum absolute atomic E-state index is 5.48. The van der Waals surface area contributed by atoms with Gasteiger partial charge in [0.2, 0.25) is 0 Å². The second kappa shape index (κ2) is 3.65. The summed E-state index contributed by atoms with van der Waals surface area (Å²) in [5.74, 6) is 1.35. The molecule has 1 heterocycles.